The second-order valence-corrected chi connectivity index (χ2v) is 7.23. The van der Waals surface area contributed by atoms with Crippen molar-refractivity contribution >= 4 is 17.6 Å². The summed E-state index contributed by atoms with van der Waals surface area (Å²) >= 11 is 0. The Kier molecular flexibility index (Phi) is 5.58. The molecule has 0 unspecified atom stereocenters. The average molecular weight is 413 g/mol. The number of esters is 2. The normalized spacial score (nSPS) is 20.1. The Morgan fingerprint density at radius 1 is 0.774 bits per heavy atom. The molecule has 0 saturated heterocycles. The Balaban J connectivity index is 2.09. The standard InChI is InChI=1S/C26H23NO4/c1-30-24(28)23-18-22(19-12-6-3-7-13-19)26(25(29)31-2,20-14-8-4-9-15-20)27(23)21-16-10-5-11-17-21/h3-18,22H,1-2H3/t22-,26+/m1/s1. The number of methoxy groups -OCH3 is 2. The molecule has 2 atom stereocenters. The molecule has 0 N–H and O–H groups in total. The molecule has 0 fully saturated rings. The van der Waals surface area contributed by atoms with E-state index >= 15 is 0 Å². The monoisotopic (exact) mass is 413 g/mol. The maximum absolute atomic E-state index is 13.7. The SMILES string of the molecule is COC(=O)C1=C[C@H](c2ccccc2)[C@](C(=O)OC)(c2ccccc2)N1c1ccccc1. The molecule has 156 valence electrons. The van der Waals surface area contributed by atoms with Crippen molar-refractivity contribution in [1.82, 2.24) is 0 Å². The third-order valence-corrected chi connectivity index (χ3v) is 5.65. The summed E-state index contributed by atoms with van der Waals surface area (Å²) in [5.74, 6) is -1.48. The summed E-state index contributed by atoms with van der Waals surface area (Å²) in [4.78, 5) is 28.4. The van der Waals surface area contributed by atoms with Crippen LogP contribution in [0.3, 0.4) is 0 Å². The van der Waals surface area contributed by atoms with Gasteiger partial charge in [0, 0.05) is 11.6 Å². The van der Waals surface area contributed by atoms with Crippen LogP contribution in [0.25, 0.3) is 0 Å². The number of hydrogen-bond donors (Lipinski definition) is 0. The van der Waals surface area contributed by atoms with Gasteiger partial charge in [0.05, 0.1) is 14.2 Å². The molecule has 1 aliphatic rings. The molecule has 5 heteroatoms. The molecular formula is C26H23NO4. The minimum Gasteiger partial charge on any atom is -0.467 e. The van der Waals surface area contributed by atoms with Crippen molar-refractivity contribution in [2.75, 3.05) is 19.1 Å². The number of anilines is 1. The molecule has 31 heavy (non-hydrogen) atoms. The van der Waals surface area contributed by atoms with Crippen LogP contribution in [-0.2, 0) is 24.6 Å². The van der Waals surface area contributed by atoms with Gasteiger partial charge in [0.2, 0.25) is 0 Å². The highest BCUT2D eigenvalue weighted by Crippen LogP contribution is 2.52. The number of rotatable bonds is 5. The third-order valence-electron chi connectivity index (χ3n) is 5.65. The highest BCUT2D eigenvalue weighted by molar-refractivity contribution is 6.01. The van der Waals surface area contributed by atoms with Gasteiger partial charge in [-0.05, 0) is 29.3 Å². The number of benzene rings is 3. The molecular weight excluding hydrogens is 390 g/mol. The van der Waals surface area contributed by atoms with Crippen molar-refractivity contribution in [1.29, 1.82) is 0 Å². The van der Waals surface area contributed by atoms with Crippen molar-refractivity contribution < 1.29 is 19.1 Å². The molecule has 0 amide bonds. The van der Waals surface area contributed by atoms with E-state index in [9.17, 15) is 9.59 Å². The maximum Gasteiger partial charge on any atom is 0.354 e. The summed E-state index contributed by atoms with van der Waals surface area (Å²) in [6.45, 7) is 0. The number of hydrogen-bond acceptors (Lipinski definition) is 5. The molecule has 1 aliphatic heterocycles. The van der Waals surface area contributed by atoms with Crippen molar-refractivity contribution in [2.45, 2.75) is 11.5 Å². The van der Waals surface area contributed by atoms with Gasteiger partial charge in [0.15, 0.2) is 5.54 Å². The van der Waals surface area contributed by atoms with E-state index < -0.39 is 23.4 Å². The minimum atomic E-state index is -1.33. The second kappa shape index (κ2) is 8.48. The smallest absolute Gasteiger partial charge is 0.354 e. The Morgan fingerprint density at radius 2 is 1.32 bits per heavy atom. The molecule has 0 bridgehead atoms. The number of para-hydroxylation sites is 1. The molecule has 0 spiro atoms. The summed E-state index contributed by atoms with van der Waals surface area (Å²) in [6.07, 6.45) is 1.80. The van der Waals surface area contributed by atoms with E-state index in [-0.39, 0.29) is 5.70 Å². The first-order valence-corrected chi connectivity index (χ1v) is 9.99. The van der Waals surface area contributed by atoms with Crippen LogP contribution >= 0.6 is 0 Å². The number of nitrogens with zero attached hydrogens (tertiary/aromatic N) is 1. The largest absolute Gasteiger partial charge is 0.467 e. The molecule has 3 aromatic carbocycles. The molecule has 4 rings (SSSR count). The molecule has 1 heterocycles. The molecule has 0 radical (unpaired) electrons. The maximum atomic E-state index is 13.7. The second-order valence-electron chi connectivity index (χ2n) is 7.23. The molecule has 0 aliphatic carbocycles. The lowest BCUT2D eigenvalue weighted by atomic mass is 9.75. The van der Waals surface area contributed by atoms with Crippen molar-refractivity contribution in [3.63, 3.8) is 0 Å². The predicted octanol–water partition coefficient (Wildman–Crippen LogP) is 4.42. The van der Waals surface area contributed by atoms with Crippen LogP contribution in [0.4, 0.5) is 5.69 Å². The zero-order valence-electron chi connectivity index (χ0n) is 17.4. The van der Waals surface area contributed by atoms with Crippen LogP contribution in [0.1, 0.15) is 17.0 Å². The highest BCUT2D eigenvalue weighted by Gasteiger charge is 2.59. The first-order valence-electron chi connectivity index (χ1n) is 9.99. The quantitative estimate of drug-likeness (QED) is 0.580. The first kappa shape index (κ1) is 20.4. The average Bonchev–Trinajstić information content (AvgIpc) is 3.21. The van der Waals surface area contributed by atoms with Gasteiger partial charge in [-0.1, -0.05) is 78.9 Å². The Bertz CT molecular complexity index is 1100. The summed E-state index contributed by atoms with van der Waals surface area (Å²) in [7, 11) is 2.71. The summed E-state index contributed by atoms with van der Waals surface area (Å²) in [6, 6.07) is 28.4. The van der Waals surface area contributed by atoms with Gasteiger partial charge in [0.1, 0.15) is 5.70 Å². The van der Waals surface area contributed by atoms with Crippen molar-refractivity contribution in [2.24, 2.45) is 0 Å². The zero-order valence-corrected chi connectivity index (χ0v) is 17.4. The van der Waals surface area contributed by atoms with E-state index in [1.807, 2.05) is 91.0 Å². The van der Waals surface area contributed by atoms with E-state index in [1.54, 1.807) is 11.0 Å². The third kappa shape index (κ3) is 3.28. The molecule has 0 saturated carbocycles. The molecule has 0 aromatic heterocycles. The minimum absolute atomic E-state index is 0.289. The van der Waals surface area contributed by atoms with Crippen LogP contribution in [0.15, 0.2) is 103 Å². The van der Waals surface area contributed by atoms with E-state index in [1.165, 1.54) is 14.2 Å². The lowest BCUT2D eigenvalue weighted by Crippen LogP contribution is -2.53. The van der Waals surface area contributed by atoms with Gasteiger partial charge in [-0.2, -0.15) is 0 Å². The van der Waals surface area contributed by atoms with Crippen molar-refractivity contribution in [3.05, 3.63) is 114 Å². The molecule has 3 aromatic rings. The Labute approximate surface area is 181 Å². The van der Waals surface area contributed by atoms with E-state index in [4.69, 9.17) is 9.47 Å². The first-order chi connectivity index (χ1) is 15.1. The van der Waals surface area contributed by atoms with Crippen LogP contribution in [0.5, 0.6) is 0 Å². The van der Waals surface area contributed by atoms with Crippen LogP contribution in [0, 0.1) is 0 Å². The van der Waals surface area contributed by atoms with Crippen LogP contribution < -0.4 is 4.90 Å². The fourth-order valence-electron chi connectivity index (χ4n) is 4.36. The van der Waals surface area contributed by atoms with Gasteiger partial charge in [-0.3, -0.25) is 0 Å². The fourth-order valence-corrected chi connectivity index (χ4v) is 4.36. The fraction of sp³-hybridized carbons (Fsp3) is 0.154. The number of ether oxygens (including phenoxy) is 2. The van der Waals surface area contributed by atoms with E-state index in [2.05, 4.69) is 0 Å². The van der Waals surface area contributed by atoms with Crippen LogP contribution in [-0.4, -0.2) is 26.2 Å². The van der Waals surface area contributed by atoms with Crippen molar-refractivity contribution in [3.8, 4) is 0 Å². The zero-order chi connectivity index (χ0) is 21.8. The van der Waals surface area contributed by atoms with Gasteiger partial charge in [-0.15, -0.1) is 0 Å². The van der Waals surface area contributed by atoms with E-state index in [0.717, 1.165) is 11.1 Å². The van der Waals surface area contributed by atoms with Gasteiger partial charge >= 0.3 is 11.9 Å². The van der Waals surface area contributed by atoms with Gasteiger partial charge in [-0.25, -0.2) is 9.59 Å². The van der Waals surface area contributed by atoms with E-state index in [0.29, 0.717) is 5.69 Å². The predicted molar refractivity (Wildman–Crippen MR) is 118 cm³/mol. The van der Waals surface area contributed by atoms with Gasteiger partial charge in [0.25, 0.3) is 0 Å². The summed E-state index contributed by atoms with van der Waals surface area (Å²) in [5.41, 5.74) is 1.25. The number of carbonyl (C=O) groups is 2. The summed E-state index contributed by atoms with van der Waals surface area (Å²) in [5, 5.41) is 0. The molecule has 5 nitrogen and oxygen atoms in total. The van der Waals surface area contributed by atoms with Crippen LogP contribution in [0.2, 0.25) is 0 Å². The highest BCUT2D eigenvalue weighted by atomic mass is 16.5. The lowest BCUT2D eigenvalue weighted by molar-refractivity contribution is -0.147. The Hall–Kier alpha value is -3.86. The Morgan fingerprint density at radius 3 is 1.87 bits per heavy atom. The summed E-state index contributed by atoms with van der Waals surface area (Å²) < 4.78 is 10.5. The lowest BCUT2D eigenvalue weighted by Gasteiger charge is -2.42. The number of carbonyl (C=O) groups excluding carboxylic acids is 2. The topological polar surface area (TPSA) is 55.8 Å². The van der Waals surface area contributed by atoms with Gasteiger partial charge < -0.3 is 14.4 Å².